The number of nitrogens with one attached hydrogen (secondary N) is 1. The zero-order chi connectivity index (χ0) is 13.8. The first kappa shape index (κ1) is 13.6. The summed E-state index contributed by atoms with van der Waals surface area (Å²) in [6.45, 7) is 6.66. The van der Waals surface area contributed by atoms with Crippen molar-refractivity contribution < 1.29 is 9.13 Å². The maximum atomic E-state index is 14.5. The maximum Gasteiger partial charge on any atom is 0.189 e. The molecule has 0 spiro atoms. The Kier molecular flexibility index (Phi) is 4.23. The third-order valence-corrected chi connectivity index (χ3v) is 3.00. The molecule has 0 radical (unpaired) electrons. The van der Waals surface area contributed by atoms with Crippen molar-refractivity contribution >= 4 is 5.69 Å². The highest BCUT2D eigenvalue weighted by Crippen LogP contribution is 2.32. The number of rotatable bonds is 3. The summed E-state index contributed by atoms with van der Waals surface area (Å²) >= 11 is 0. The summed E-state index contributed by atoms with van der Waals surface area (Å²) in [5, 5.41) is 12.4. The minimum atomic E-state index is -0.436. The van der Waals surface area contributed by atoms with Crippen LogP contribution in [0, 0.1) is 17.1 Å². The van der Waals surface area contributed by atoms with Crippen molar-refractivity contribution in [2.45, 2.75) is 20.0 Å². The first-order chi connectivity index (χ1) is 9.13. The van der Waals surface area contributed by atoms with E-state index in [9.17, 15) is 4.39 Å². The number of hydrogen-bond donors (Lipinski definition) is 1. The summed E-state index contributed by atoms with van der Waals surface area (Å²) < 4.78 is 20.0. The summed E-state index contributed by atoms with van der Waals surface area (Å²) in [5.74, 6) is -0.225. The van der Waals surface area contributed by atoms with Crippen molar-refractivity contribution in [1.82, 2.24) is 5.32 Å². The van der Waals surface area contributed by atoms with Gasteiger partial charge in [0.1, 0.15) is 6.07 Å². The Labute approximate surface area is 112 Å². The second-order valence-corrected chi connectivity index (χ2v) is 4.79. The van der Waals surface area contributed by atoms with Crippen LogP contribution < -0.4 is 15.0 Å². The molecule has 1 aliphatic heterocycles. The molecule has 19 heavy (non-hydrogen) atoms. The van der Waals surface area contributed by atoms with Crippen LogP contribution in [0.2, 0.25) is 0 Å². The zero-order valence-electron chi connectivity index (χ0n) is 11.2. The molecule has 1 aliphatic rings. The third-order valence-electron chi connectivity index (χ3n) is 3.00. The molecule has 1 aromatic rings. The zero-order valence-corrected chi connectivity index (χ0v) is 11.2. The van der Waals surface area contributed by atoms with Gasteiger partial charge in [-0.2, -0.15) is 5.26 Å². The van der Waals surface area contributed by atoms with E-state index in [4.69, 9.17) is 10.00 Å². The number of nitriles is 1. The van der Waals surface area contributed by atoms with Crippen molar-refractivity contribution in [2.24, 2.45) is 0 Å². The SMILES string of the molecule is CC(C)Oc1ccc(C#N)c(N2CCNCC2)c1F. The minimum Gasteiger partial charge on any atom is -0.488 e. The van der Waals surface area contributed by atoms with Crippen LogP contribution in [0.5, 0.6) is 5.75 Å². The van der Waals surface area contributed by atoms with Gasteiger partial charge in [-0.15, -0.1) is 0 Å². The topological polar surface area (TPSA) is 48.3 Å². The van der Waals surface area contributed by atoms with Gasteiger partial charge in [0.25, 0.3) is 0 Å². The van der Waals surface area contributed by atoms with Crippen LogP contribution in [0.1, 0.15) is 19.4 Å². The first-order valence-corrected chi connectivity index (χ1v) is 6.48. The number of hydrogen-bond acceptors (Lipinski definition) is 4. The van der Waals surface area contributed by atoms with Gasteiger partial charge in [0.2, 0.25) is 0 Å². The molecule has 0 aromatic heterocycles. The van der Waals surface area contributed by atoms with Crippen molar-refractivity contribution in [3.8, 4) is 11.8 Å². The molecule has 2 rings (SSSR count). The minimum absolute atomic E-state index is 0.0988. The standard InChI is InChI=1S/C14H18FN3O/c1-10(2)19-12-4-3-11(9-16)14(13(12)15)18-7-5-17-6-8-18/h3-4,10,17H,5-8H2,1-2H3. The number of nitrogens with zero attached hydrogens (tertiary/aromatic N) is 2. The van der Waals surface area contributed by atoms with Crippen LogP contribution >= 0.6 is 0 Å². The van der Waals surface area contributed by atoms with Gasteiger partial charge in [0, 0.05) is 26.2 Å². The number of anilines is 1. The van der Waals surface area contributed by atoms with E-state index in [2.05, 4.69) is 11.4 Å². The van der Waals surface area contributed by atoms with E-state index >= 15 is 0 Å². The van der Waals surface area contributed by atoms with E-state index < -0.39 is 5.82 Å². The summed E-state index contributed by atoms with van der Waals surface area (Å²) in [6, 6.07) is 5.21. The van der Waals surface area contributed by atoms with Crippen molar-refractivity contribution in [3.63, 3.8) is 0 Å². The van der Waals surface area contributed by atoms with Gasteiger partial charge < -0.3 is 15.0 Å². The lowest BCUT2D eigenvalue weighted by atomic mass is 10.1. The predicted octanol–water partition coefficient (Wildman–Crippen LogP) is 1.89. The lowest BCUT2D eigenvalue weighted by Crippen LogP contribution is -2.44. The highest BCUT2D eigenvalue weighted by atomic mass is 19.1. The molecule has 0 atom stereocenters. The van der Waals surface area contributed by atoms with Gasteiger partial charge in [-0.05, 0) is 26.0 Å². The fourth-order valence-corrected chi connectivity index (χ4v) is 2.18. The summed E-state index contributed by atoms with van der Waals surface area (Å²) in [7, 11) is 0. The molecule has 1 aromatic carbocycles. The predicted molar refractivity (Wildman–Crippen MR) is 72.0 cm³/mol. The Hall–Kier alpha value is -1.80. The normalized spacial score (nSPS) is 15.4. The molecule has 0 saturated carbocycles. The Morgan fingerprint density at radius 3 is 2.63 bits per heavy atom. The molecule has 4 nitrogen and oxygen atoms in total. The molecule has 102 valence electrons. The molecule has 1 heterocycles. The molecule has 1 N–H and O–H groups in total. The van der Waals surface area contributed by atoms with Crippen molar-refractivity contribution in [1.29, 1.82) is 5.26 Å². The smallest absolute Gasteiger partial charge is 0.189 e. The van der Waals surface area contributed by atoms with Gasteiger partial charge in [-0.1, -0.05) is 0 Å². The number of halogens is 1. The summed E-state index contributed by atoms with van der Waals surface area (Å²) in [4.78, 5) is 1.90. The van der Waals surface area contributed by atoms with E-state index in [1.807, 2.05) is 18.7 Å². The van der Waals surface area contributed by atoms with Gasteiger partial charge in [-0.3, -0.25) is 0 Å². The molecular weight excluding hydrogens is 245 g/mol. The molecular formula is C14H18FN3O. The second kappa shape index (κ2) is 5.89. The first-order valence-electron chi connectivity index (χ1n) is 6.48. The van der Waals surface area contributed by atoms with Crippen molar-refractivity contribution in [3.05, 3.63) is 23.5 Å². The van der Waals surface area contributed by atoms with E-state index in [-0.39, 0.29) is 11.9 Å². The van der Waals surface area contributed by atoms with E-state index in [0.29, 0.717) is 24.3 Å². The third kappa shape index (κ3) is 2.96. The highest BCUT2D eigenvalue weighted by molar-refractivity contribution is 5.63. The molecule has 0 aliphatic carbocycles. The molecule has 5 heteroatoms. The Morgan fingerprint density at radius 1 is 1.37 bits per heavy atom. The van der Waals surface area contributed by atoms with Crippen LogP contribution in [0.4, 0.5) is 10.1 Å². The van der Waals surface area contributed by atoms with E-state index in [0.717, 1.165) is 13.1 Å². The Balaban J connectivity index is 2.40. The molecule has 0 bridgehead atoms. The molecule has 1 saturated heterocycles. The number of benzene rings is 1. The summed E-state index contributed by atoms with van der Waals surface area (Å²) in [5.41, 5.74) is 0.720. The van der Waals surface area contributed by atoms with E-state index in [1.165, 1.54) is 6.07 Å². The van der Waals surface area contributed by atoms with Crippen LogP contribution in [0.3, 0.4) is 0 Å². The van der Waals surface area contributed by atoms with Crippen LogP contribution in [0.25, 0.3) is 0 Å². The van der Waals surface area contributed by atoms with Crippen LogP contribution in [-0.2, 0) is 0 Å². The Morgan fingerprint density at radius 2 is 2.05 bits per heavy atom. The van der Waals surface area contributed by atoms with Crippen LogP contribution in [0.15, 0.2) is 12.1 Å². The molecule has 1 fully saturated rings. The fourth-order valence-electron chi connectivity index (χ4n) is 2.18. The lowest BCUT2D eigenvalue weighted by Gasteiger charge is -2.30. The lowest BCUT2D eigenvalue weighted by molar-refractivity contribution is 0.231. The highest BCUT2D eigenvalue weighted by Gasteiger charge is 2.22. The van der Waals surface area contributed by atoms with Gasteiger partial charge in [0.05, 0.1) is 17.4 Å². The quantitative estimate of drug-likeness (QED) is 0.904. The Bertz CT molecular complexity index is 490. The van der Waals surface area contributed by atoms with Gasteiger partial charge in [-0.25, -0.2) is 4.39 Å². The van der Waals surface area contributed by atoms with Gasteiger partial charge >= 0.3 is 0 Å². The molecule has 0 unspecified atom stereocenters. The maximum absolute atomic E-state index is 14.5. The molecule has 0 amide bonds. The number of ether oxygens (including phenoxy) is 1. The monoisotopic (exact) mass is 263 g/mol. The summed E-state index contributed by atoms with van der Waals surface area (Å²) in [6.07, 6.45) is -0.0988. The van der Waals surface area contributed by atoms with Crippen LogP contribution in [-0.4, -0.2) is 32.3 Å². The average molecular weight is 263 g/mol. The average Bonchev–Trinajstić information content (AvgIpc) is 2.41. The number of piperazine rings is 1. The van der Waals surface area contributed by atoms with Gasteiger partial charge in [0.15, 0.2) is 11.6 Å². The van der Waals surface area contributed by atoms with Crippen molar-refractivity contribution in [2.75, 3.05) is 31.1 Å². The second-order valence-electron chi connectivity index (χ2n) is 4.79. The largest absolute Gasteiger partial charge is 0.488 e. The van der Waals surface area contributed by atoms with E-state index in [1.54, 1.807) is 6.07 Å². The fraction of sp³-hybridized carbons (Fsp3) is 0.500.